The number of piperidine rings is 1. The first kappa shape index (κ1) is 32.3. The van der Waals surface area contributed by atoms with Gasteiger partial charge in [-0.15, -0.1) is 0 Å². The lowest BCUT2D eigenvalue weighted by Gasteiger charge is -2.38. The molecule has 3 N–H and O–H groups in total. The summed E-state index contributed by atoms with van der Waals surface area (Å²) in [5.74, 6) is -1.00. The van der Waals surface area contributed by atoms with Gasteiger partial charge in [-0.2, -0.15) is 13.2 Å². The lowest BCUT2D eigenvalue weighted by atomic mass is 9.72. The van der Waals surface area contributed by atoms with Crippen LogP contribution >= 0.6 is 0 Å². The van der Waals surface area contributed by atoms with E-state index >= 15 is 0 Å². The lowest BCUT2D eigenvalue weighted by molar-refractivity contribution is -0.142. The number of anilines is 3. The number of halogens is 3. The van der Waals surface area contributed by atoms with E-state index in [0.29, 0.717) is 49.4 Å². The predicted octanol–water partition coefficient (Wildman–Crippen LogP) is 6.67. The molecule has 0 radical (unpaired) electrons. The van der Waals surface area contributed by atoms with E-state index in [-0.39, 0.29) is 24.0 Å². The van der Waals surface area contributed by atoms with E-state index < -0.39 is 35.4 Å². The summed E-state index contributed by atoms with van der Waals surface area (Å²) < 4.78 is 45.0. The highest BCUT2D eigenvalue weighted by molar-refractivity contribution is 6.07. The fourth-order valence-electron chi connectivity index (χ4n) is 6.37. The van der Waals surface area contributed by atoms with Crippen LogP contribution in [-0.4, -0.2) is 48.7 Å². The van der Waals surface area contributed by atoms with Crippen LogP contribution in [0, 0.1) is 23.7 Å². The summed E-state index contributed by atoms with van der Waals surface area (Å²) in [7, 11) is 0. The molecule has 2 aromatic carbocycles. The van der Waals surface area contributed by atoms with Gasteiger partial charge in [-0.25, -0.2) is 0 Å². The fraction of sp³-hybridized carbons (Fsp3) is 0.531. The highest BCUT2D eigenvalue weighted by Gasteiger charge is 2.34. The van der Waals surface area contributed by atoms with Crippen molar-refractivity contribution in [2.45, 2.75) is 65.2 Å². The first-order valence-electron chi connectivity index (χ1n) is 14.9. The van der Waals surface area contributed by atoms with E-state index in [1.165, 1.54) is 0 Å². The normalized spacial score (nSPS) is 21.5. The molecule has 1 heterocycles. The molecule has 2 aromatic rings. The molecule has 4 rings (SSSR count). The number of aliphatic carboxylic acids is 1. The number of nitrogens with one attached hydrogen (secondary N) is 2. The maximum atomic E-state index is 13.1. The zero-order valence-electron chi connectivity index (χ0n) is 24.7. The molecule has 3 atom stereocenters. The molecular weight excluding hydrogens is 563 g/mol. The molecular formula is C32H40F3N3O5. The van der Waals surface area contributed by atoms with Crippen molar-refractivity contribution in [2.75, 3.05) is 35.2 Å². The highest BCUT2D eigenvalue weighted by atomic mass is 19.4. The summed E-state index contributed by atoms with van der Waals surface area (Å²) >= 11 is 0. The quantitative estimate of drug-likeness (QED) is 0.295. The average molecular weight is 604 g/mol. The van der Waals surface area contributed by atoms with Gasteiger partial charge in [0.1, 0.15) is 6.61 Å². The molecule has 8 nitrogen and oxygen atoms in total. The van der Waals surface area contributed by atoms with Gasteiger partial charge in [0, 0.05) is 24.3 Å². The van der Waals surface area contributed by atoms with Crippen molar-refractivity contribution in [3.05, 3.63) is 53.6 Å². The SMILES string of the molecule is CC(C)C1C(C)CCCC1OCC(=O)Nc1cc(N2CCC(C(=O)O)CC2)ccc1NC(=O)c1ccc(C(F)(F)F)cc1. The number of carboxylic acid groups (broad SMARTS) is 1. The van der Waals surface area contributed by atoms with Crippen molar-refractivity contribution in [1.29, 1.82) is 0 Å². The van der Waals surface area contributed by atoms with Gasteiger partial charge in [-0.3, -0.25) is 14.4 Å². The van der Waals surface area contributed by atoms with Crippen LogP contribution in [0.25, 0.3) is 0 Å². The number of benzene rings is 2. The summed E-state index contributed by atoms with van der Waals surface area (Å²) in [6.07, 6.45) is -0.534. The number of amides is 2. The van der Waals surface area contributed by atoms with Crippen LogP contribution < -0.4 is 15.5 Å². The number of nitrogens with zero attached hydrogens (tertiary/aromatic N) is 1. The third kappa shape index (κ3) is 8.28. The Morgan fingerprint density at radius 2 is 1.65 bits per heavy atom. The van der Waals surface area contributed by atoms with Crippen LogP contribution in [0.4, 0.5) is 30.2 Å². The van der Waals surface area contributed by atoms with E-state index in [1.54, 1.807) is 18.2 Å². The zero-order chi connectivity index (χ0) is 31.3. The Morgan fingerprint density at radius 3 is 2.26 bits per heavy atom. The Hall–Kier alpha value is -3.60. The van der Waals surface area contributed by atoms with Gasteiger partial charge in [0.05, 0.1) is 29.0 Å². The standard InChI is InChI=1S/C32H40F3N3O5/c1-19(2)29-20(3)5-4-6-27(29)43-18-28(39)36-26-17-24(38-15-13-22(14-16-38)31(41)42)11-12-25(26)37-30(40)21-7-9-23(10-8-21)32(33,34)35/h7-12,17,19-20,22,27,29H,4-6,13-16,18H2,1-3H3,(H,36,39)(H,37,40)(H,41,42). The summed E-state index contributed by atoms with van der Waals surface area (Å²) in [6.45, 7) is 7.42. The smallest absolute Gasteiger partial charge is 0.416 e. The van der Waals surface area contributed by atoms with Crippen molar-refractivity contribution in [1.82, 2.24) is 0 Å². The molecule has 1 saturated carbocycles. The van der Waals surface area contributed by atoms with Crippen molar-refractivity contribution in [2.24, 2.45) is 23.7 Å². The van der Waals surface area contributed by atoms with Crippen LogP contribution in [0.15, 0.2) is 42.5 Å². The molecule has 0 spiro atoms. The van der Waals surface area contributed by atoms with Crippen LogP contribution in [-0.2, 0) is 20.5 Å². The van der Waals surface area contributed by atoms with Crippen LogP contribution in [0.3, 0.4) is 0 Å². The zero-order valence-corrected chi connectivity index (χ0v) is 24.7. The van der Waals surface area contributed by atoms with E-state index in [9.17, 15) is 32.7 Å². The number of alkyl halides is 3. The molecule has 11 heteroatoms. The minimum atomic E-state index is -4.52. The number of carbonyl (C=O) groups excluding carboxylic acids is 2. The van der Waals surface area contributed by atoms with Gasteiger partial charge in [0.2, 0.25) is 5.91 Å². The van der Waals surface area contributed by atoms with E-state index in [0.717, 1.165) is 49.2 Å². The van der Waals surface area contributed by atoms with Crippen molar-refractivity contribution >= 4 is 34.8 Å². The average Bonchev–Trinajstić information content (AvgIpc) is 2.96. The van der Waals surface area contributed by atoms with Gasteiger partial charge in [-0.1, -0.05) is 33.6 Å². The van der Waals surface area contributed by atoms with Gasteiger partial charge in [0.25, 0.3) is 5.91 Å². The second-order valence-corrected chi connectivity index (χ2v) is 12.0. The highest BCUT2D eigenvalue weighted by Crippen LogP contribution is 2.37. The van der Waals surface area contributed by atoms with Gasteiger partial charge in [0.15, 0.2) is 0 Å². The summed E-state index contributed by atoms with van der Waals surface area (Å²) in [4.78, 5) is 39.5. The topological polar surface area (TPSA) is 108 Å². The third-order valence-electron chi connectivity index (χ3n) is 8.64. The maximum Gasteiger partial charge on any atom is 0.416 e. The van der Waals surface area contributed by atoms with Crippen LogP contribution in [0.1, 0.15) is 68.8 Å². The molecule has 2 aliphatic rings. The van der Waals surface area contributed by atoms with E-state index in [2.05, 4.69) is 31.4 Å². The Labute approximate surface area is 250 Å². The molecule has 3 unspecified atom stereocenters. The summed E-state index contributed by atoms with van der Waals surface area (Å²) in [5.41, 5.74) is 0.492. The third-order valence-corrected chi connectivity index (χ3v) is 8.64. The number of ether oxygens (including phenoxy) is 1. The number of hydrogen-bond donors (Lipinski definition) is 3. The number of carboxylic acids is 1. The molecule has 0 bridgehead atoms. The molecule has 0 aromatic heterocycles. The van der Waals surface area contributed by atoms with E-state index in [4.69, 9.17) is 4.74 Å². The largest absolute Gasteiger partial charge is 0.481 e. The molecule has 2 amide bonds. The van der Waals surface area contributed by atoms with Crippen molar-refractivity contribution < 1.29 is 37.4 Å². The minimum Gasteiger partial charge on any atom is -0.481 e. The molecule has 43 heavy (non-hydrogen) atoms. The molecule has 2 fully saturated rings. The number of carbonyl (C=O) groups is 3. The second-order valence-electron chi connectivity index (χ2n) is 12.0. The first-order valence-corrected chi connectivity index (χ1v) is 14.9. The van der Waals surface area contributed by atoms with Crippen LogP contribution in [0.2, 0.25) is 0 Å². The number of hydrogen-bond acceptors (Lipinski definition) is 5. The Balaban J connectivity index is 1.51. The second kappa shape index (κ2) is 13.8. The van der Waals surface area contributed by atoms with Gasteiger partial charge in [-0.05, 0) is 79.5 Å². The molecule has 1 saturated heterocycles. The Bertz CT molecular complexity index is 1290. The lowest BCUT2D eigenvalue weighted by Crippen LogP contribution is -2.38. The fourth-order valence-corrected chi connectivity index (χ4v) is 6.37. The van der Waals surface area contributed by atoms with Crippen molar-refractivity contribution in [3.63, 3.8) is 0 Å². The van der Waals surface area contributed by atoms with Gasteiger partial charge >= 0.3 is 12.1 Å². The number of rotatable bonds is 9. The first-order chi connectivity index (χ1) is 20.3. The monoisotopic (exact) mass is 603 g/mol. The van der Waals surface area contributed by atoms with E-state index in [1.807, 2.05) is 4.90 Å². The van der Waals surface area contributed by atoms with Crippen molar-refractivity contribution in [3.8, 4) is 0 Å². The predicted molar refractivity (Wildman–Crippen MR) is 158 cm³/mol. The minimum absolute atomic E-state index is 0.0274. The summed E-state index contributed by atoms with van der Waals surface area (Å²) in [6, 6.07) is 8.97. The van der Waals surface area contributed by atoms with Crippen LogP contribution in [0.5, 0.6) is 0 Å². The molecule has 234 valence electrons. The Kier molecular flexibility index (Phi) is 10.4. The molecule has 1 aliphatic heterocycles. The molecule has 1 aliphatic carbocycles. The summed E-state index contributed by atoms with van der Waals surface area (Å²) in [5, 5.41) is 14.9. The Morgan fingerprint density at radius 1 is 0.977 bits per heavy atom. The maximum absolute atomic E-state index is 13.1. The van der Waals surface area contributed by atoms with Gasteiger partial charge < -0.3 is 25.4 Å².